The van der Waals surface area contributed by atoms with Gasteiger partial charge in [0.1, 0.15) is 12.4 Å². The standard InChI is InChI=1S/C11H11BrClF2NO3/c12-7-1-2-9(8(13)3-7)19-4-10(18)16-5-11(14,15)6-17/h1-3,17H,4-6H2,(H,16,18). The van der Waals surface area contributed by atoms with E-state index in [-0.39, 0.29) is 5.75 Å². The van der Waals surface area contributed by atoms with Gasteiger partial charge in [0.05, 0.1) is 11.6 Å². The van der Waals surface area contributed by atoms with Gasteiger partial charge in [-0.05, 0) is 18.2 Å². The Hall–Kier alpha value is -0.920. The Kier molecular flexibility index (Phi) is 5.96. The Morgan fingerprint density at radius 1 is 1.53 bits per heavy atom. The van der Waals surface area contributed by atoms with Gasteiger partial charge in [-0.3, -0.25) is 4.79 Å². The third-order valence-corrected chi connectivity index (χ3v) is 2.82. The van der Waals surface area contributed by atoms with Gasteiger partial charge in [-0.1, -0.05) is 27.5 Å². The molecule has 2 N–H and O–H groups in total. The number of rotatable bonds is 6. The molecular formula is C11H11BrClF2NO3. The van der Waals surface area contributed by atoms with E-state index in [9.17, 15) is 13.6 Å². The predicted molar refractivity (Wildman–Crippen MR) is 69.7 cm³/mol. The first kappa shape index (κ1) is 16.1. The van der Waals surface area contributed by atoms with E-state index >= 15 is 0 Å². The van der Waals surface area contributed by atoms with Crippen LogP contribution in [-0.2, 0) is 4.79 Å². The second kappa shape index (κ2) is 7.02. The third-order valence-electron chi connectivity index (χ3n) is 2.03. The number of benzene rings is 1. The highest BCUT2D eigenvalue weighted by Gasteiger charge is 2.28. The van der Waals surface area contributed by atoms with Crippen molar-refractivity contribution in [2.45, 2.75) is 5.92 Å². The Morgan fingerprint density at radius 3 is 2.79 bits per heavy atom. The van der Waals surface area contributed by atoms with Crippen molar-refractivity contribution in [1.29, 1.82) is 0 Å². The molecule has 0 fully saturated rings. The van der Waals surface area contributed by atoms with E-state index in [1.54, 1.807) is 18.2 Å². The molecule has 0 spiro atoms. The van der Waals surface area contributed by atoms with Crippen LogP contribution in [0.15, 0.2) is 22.7 Å². The number of hydrogen-bond donors (Lipinski definition) is 2. The summed E-state index contributed by atoms with van der Waals surface area (Å²) in [5.74, 6) is -3.80. The quantitative estimate of drug-likeness (QED) is 0.820. The first-order valence-electron chi connectivity index (χ1n) is 5.17. The summed E-state index contributed by atoms with van der Waals surface area (Å²) in [6.07, 6.45) is 0. The fraction of sp³-hybridized carbons (Fsp3) is 0.364. The van der Waals surface area contributed by atoms with Crippen LogP contribution in [0.3, 0.4) is 0 Å². The Balaban J connectivity index is 2.42. The Morgan fingerprint density at radius 2 is 2.21 bits per heavy atom. The lowest BCUT2D eigenvalue weighted by molar-refractivity contribution is -0.126. The molecular weight excluding hydrogens is 347 g/mol. The molecule has 8 heteroatoms. The summed E-state index contributed by atoms with van der Waals surface area (Å²) in [6, 6.07) is 4.79. The number of aliphatic hydroxyl groups excluding tert-OH is 1. The van der Waals surface area contributed by atoms with Gasteiger partial charge in [0.25, 0.3) is 11.8 Å². The summed E-state index contributed by atoms with van der Waals surface area (Å²) < 4.78 is 31.1. The van der Waals surface area contributed by atoms with E-state index in [2.05, 4.69) is 15.9 Å². The molecule has 1 aromatic carbocycles. The minimum Gasteiger partial charge on any atom is -0.482 e. The topological polar surface area (TPSA) is 58.6 Å². The van der Waals surface area contributed by atoms with E-state index < -0.39 is 31.6 Å². The van der Waals surface area contributed by atoms with E-state index in [1.807, 2.05) is 5.32 Å². The third kappa shape index (κ3) is 5.71. The molecule has 0 aromatic heterocycles. The highest BCUT2D eigenvalue weighted by atomic mass is 79.9. The molecule has 0 heterocycles. The number of hydrogen-bond acceptors (Lipinski definition) is 3. The van der Waals surface area contributed by atoms with E-state index in [4.69, 9.17) is 21.4 Å². The molecule has 0 bridgehead atoms. The average molecular weight is 359 g/mol. The lowest BCUT2D eigenvalue weighted by atomic mass is 10.3. The van der Waals surface area contributed by atoms with E-state index in [0.29, 0.717) is 5.02 Å². The molecule has 0 saturated carbocycles. The van der Waals surface area contributed by atoms with Gasteiger partial charge < -0.3 is 15.2 Å². The van der Waals surface area contributed by atoms with Crippen molar-refractivity contribution in [2.24, 2.45) is 0 Å². The maximum Gasteiger partial charge on any atom is 0.287 e. The van der Waals surface area contributed by atoms with Crippen molar-refractivity contribution < 1.29 is 23.4 Å². The van der Waals surface area contributed by atoms with Crippen LogP contribution < -0.4 is 10.1 Å². The summed E-state index contributed by atoms with van der Waals surface area (Å²) in [4.78, 5) is 11.3. The molecule has 0 aliphatic carbocycles. The summed E-state index contributed by atoms with van der Waals surface area (Å²) in [5.41, 5.74) is 0. The van der Waals surface area contributed by atoms with Crippen LogP contribution in [0.25, 0.3) is 0 Å². The number of nitrogens with one attached hydrogen (secondary N) is 1. The maximum absolute atomic E-state index is 12.7. The summed E-state index contributed by atoms with van der Waals surface area (Å²) in [7, 11) is 0. The number of alkyl halides is 2. The average Bonchev–Trinajstić information content (AvgIpc) is 2.35. The number of amides is 1. The zero-order valence-electron chi connectivity index (χ0n) is 9.63. The van der Waals surface area contributed by atoms with Crippen LogP contribution in [0.4, 0.5) is 8.78 Å². The first-order chi connectivity index (χ1) is 8.84. The molecule has 0 aliphatic heterocycles. The van der Waals surface area contributed by atoms with Crippen molar-refractivity contribution in [3.05, 3.63) is 27.7 Å². The van der Waals surface area contributed by atoms with Crippen molar-refractivity contribution in [1.82, 2.24) is 5.32 Å². The molecule has 0 radical (unpaired) electrons. The molecule has 0 unspecified atom stereocenters. The predicted octanol–water partition coefficient (Wildman–Crippen LogP) is 2.23. The van der Waals surface area contributed by atoms with Crippen molar-refractivity contribution >= 4 is 33.4 Å². The van der Waals surface area contributed by atoms with E-state index in [0.717, 1.165) is 4.47 Å². The van der Waals surface area contributed by atoms with Crippen LogP contribution in [0.5, 0.6) is 5.75 Å². The number of halogens is 4. The number of carbonyl (C=O) groups is 1. The summed E-state index contributed by atoms with van der Waals surface area (Å²) >= 11 is 9.05. The summed E-state index contributed by atoms with van der Waals surface area (Å²) in [6.45, 7) is -2.71. The number of carbonyl (C=O) groups excluding carboxylic acids is 1. The van der Waals surface area contributed by atoms with Gasteiger partial charge in [-0.2, -0.15) is 0 Å². The lowest BCUT2D eigenvalue weighted by Crippen LogP contribution is -2.40. The smallest absolute Gasteiger partial charge is 0.287 e. The Bertz CT molecular complexity index is 460. The van der Waals surface area contributed by atoms with Crippen molar-refractivity contribution in [3.8, 4) is 5.75 Å². The minimum absolute atomic E-state index is 0.272. The van der Waals surface area contributed by atoms with Crippen LogP contribution in [0.1, 0.15) is 0 Å². The summed E-state index contributed by atoms with van der Waals surface area (Å²) in [5, 5.41) is 10.6. The fourth-order valence-corrected chi connectivity index (χ4v) is 1.80. The van der Waals surface area contributed by atoms with Gasteiger partial charge in [0, 0.05) is 4.47 Å². The SMILES string of the molecule is O=C(COc1ccc(Br)cc1Cl)NCC(F)(F)CO. The minimum atomic E-state index is -3.34. The molecule has 4 nitrogen and oxygen atoms in total. The molecule has 1 amide bonds. The van der Waals surface area contributed by atoms with Gasteiger partial charge in [-0.25, -0.2) is 8.78 Å². The second-order valence-electron chi connectivity index (χ2n) is 3.65. The monoisotopic (exact) mass is 357 g/mol. The van der Waals surface area contributed by atoms with Crippen LogP contribution >= 0.6 is 27.5 Å². The first-order valence-corrected chi connectivity index (χ1v) is 6.34. The molecule has 106 valence electrons. The molecule has 1 rings (SSSR count). The van der Waals surface area contributed by atoms with Gasteiger partial charge >= 0.3 is 0 Å². The molecule has 0 atom stereocenters. The second-order valence-corrected chi connectivity index (χ2v) is 4.98. The maximum atomic E-state index is 12.7. The highest BCUT2D eigenvalue weighted by molar-refractivity contribution is 9.10. The molecule has 0 aliphatic rings. The molecule has 1 aromatic rings. The van der Waals surface area contributed by atoms with Gasteiger partial charge in [0.15, 0.2) is 6.61 Å². The number of aliphatic hydroxyl groups is 1. The fourth-order valence-electron chi connectivity index (χ4n) is 1.07. The Labute approximate surface area is 121 Å². The zero-order chi connectivity index (χ0) is 14.5. The molecule has 19 heavy (non-hydrogen) atoms. The van der Waals surface area contributed by atoms with Gasteiger partial charge in [-0.15, -0.1) is 0 Å². The van der Waals surface area contributed by atoms with Crippen molar-refractivity contribution in [3.63, 3.8) is 0 Å². The largest absolute Gasteiger partial charge is 0.482 e. The van der Waals surface area contributed by atoms with Gasteiger partial charge in [0.2, 0.25) is 0 Å². The lowest BCUT2D eigenvalue weighted by Gasteiger charge is -2.14. The molecule has 0 saturated heterocycles. The van der Waals surface area contributed by atoms with E-state index in [1.165, 1.54) is 0 Å². The normalized spacial score (nSPS) is 11.2. The zero-order valence-corrected chi connectivity index (χ0v) is 12.0. The number of ether oxygens (including phenoxy) is 1. The van der Waals surface area contributed by atoms with Crippen LogP contribution in [-0.4, -0.2) is 36.7 Å². The van der Waals surface area contributed by atoms with Crippen LogP contribution in [0, 0.1) is 0 Å². The van der Waals surface area contributed by atoms with Crippen LogP contribution in [0.2, 0.25) is 5.02 Å². The van der Waals surface area contributed by atoms with Crippen molar-refractivity contribution in [2.75, 3.05) is 19.8 Å². The highest BCUT2D eigenvalue weighted by Crippen LogP contribution is 2.27.